The van der Waals surface area contributed by atoms with Crippen molar-refractivity contribution in [1.29, 1.82) is 0 Å². The lowest BCUT2D eigenvalue weighted by molar-refractivity contribution is -0.138. The van der Waals surface area contributed by atoms with E-state index in [1.807, 2.05) is 30.3 Å². The summed E-state index contributed by atoms with van der Waals surface area (Å²) >= 11 is 0. The summed E-state index contributed by atoms with van der Waals surface area (Å²) in [4.78, 5) is 12.0. The second-order valence-electron chi connectivity index (χ2n) is 4.59. The van der Waals surface area contributed by atoms with Gasteiger partial charge in [0.05, 0.1) is 17.9 Å². The smallest absolute Gasteiger partial charge is 0.344 e. The fourth-order valence-corrected chi connectivity index (χ4v) is 2.62. The molecule has 1 aliphatic rings. The molecule has 1 heterocycles. The highest BCUT2D eigenvalue weighted by Crippen LogP contribution is 2.15. The third-order valence-electron chi connectivity index (χ3n) is 3.00. The Bertz CT molecular complexity index is 693. The zero-order valence-corrected chi connectivity index (χ0v) is 12.6. The number of carbonyl (C=O) groups is 1. The van der Waals surface area contributed by atoms with Crippen molar-refractivity contribution in [3.63, 3.8) is 0 Å². The van der Waals surface area contributed by atoms with Crippen LogP contribution in [0.4, 0.5) is 0 Å². The molecule has 112 valence electrons. The summed E-state index contributed by atoms with van der Waals surface area (Å²) in [7, 11) is -2.38. The van der Waals surface area contributed by atoms with E-state index in [1.54, 1.807) is 0 Å². The van der Waals surface area contributed by atoms with Gasteiger partial charge in [0.25, 0.3) is 0 Å². The number of hydrogen-bond donors (Lipinski definition) is 0. The molecule has 0 fully saturated rings. The molecule has 2 rings (SSSR count). The van der Waals surface area contributed by atoms with E-state index in [-0.39, 0.29) is 17.9 Å². The quantitative estimate of drug-likeness (QED) is 0.786. The van der Waals surface area contributed by atoms with Gasteiger partial charge in [0.15, 0.2) is 0 Å². The first kappa shape index (κ1) is 15.2. The van der Waals surface area contributed by atoms with Crippen LogP contribution in [-0.4, -0.2) is 38.1 Å². The molecule has 0 saturated heterocycles. The van der Waals surface area contributed by atoms with E-state index in [1.165, 1.54) is 20.2 Å². The standard InChI is InChI=1S/C14H16N2O4S/c1-11-13(10-16(2)21(18,19)15-11)14(17)20-9-8-12-6-4-3-5-7-12/h3-7,10H,8-9H2,1-2H3. The zero-order chi connectivity index (χ0) is 15.5. The van der Waals surface area contributed by atoms with E-state index < -0.39 is 16.2 Å². The van der Waals surface area contributed by atoms with Crippen molar-refractivity contribution in [2.24, 2.45) is 4.40 Å². The summed E-state index contributed by atoms with van der Waals surface area (Å²) in [6.45, 7) is 1.69. The van der Waals surface area contributed by atoms with E-state index in [9.17, 15) is 13.2 Å². The molecule has 0 aromatic heterocycles. The van der Waals surface area contributed by atoms with Gasteiger partial charge >= 0.3 is 16.2 Å². The molecule has 0 atom stereocenters. The average molecular weight is 308 g/mol. The zero-order valence-electron chi connectivity index (χ0n) is 11.8. The molecule has 7 heteroatoms. The topological polar surface area (TPSA) is 76.0 Å². The Balaban J connectivity index is 1.97. The molecule has 1 aromatic carbocycles. The second-order valence-corrected chi connectivity index (χ2v) is 6.24. The summed E-state index contributed by atoms with van der Waals surface area (Å²) in [6, 6.07) is 9.63. The lowest BCUT2D eigenvalue weighted by Gasteiger charge is -2.19. The van der Waals surface area contributed by atoms with Crippen LogP contribution in [0, 0.1) is 0 Å². The summed E-state index contributed by atoms with van der Waals surface area (Å²) in [5, 5.41) is 0. The predicted molar refractivity (Wildman–Crippen MR) is 79.0 cm³/mol. The van der Waals surface area contributed by atoms with Gasteiger partial charge in [0.2, 0.25) is 0 Å². The summed E-state index contributed by atoms with van der Waals surface area (Å²) in [6.07, 6.45) is 1.83. The molecule has 0 unspecified atom stereocenters. The number of carbonyl (C=O) groups excluding carboxylic acids is 1. The van der Waals surface area contributed by atoms with Gasteiger partial charge in [-0.25, -0.2) is 4.79 Å². The van der Waals surface area contributed by atoms with E-state index >= 15 is 0 Å². The van der Waals surface area contributed by atoms with Gasteiger partial charge in [-0.1, -0.05) is 30.3 Å². The molecule has 21 heavy (non-hydrogen) atoms. The monoisotopic (exact) mass is 308 g/mol. The normalized spacial score (nSPS) is 17.0. The summed E-state index contributed by atoms with van der Waals surface area (Å²) in [5.74, 6) is -0.575. The van der Waals surface area contributed by atoms with E-state index in [0.717, 1.165) is 9.87 Å². The van der Waals surface area contributed by atoms with Crippen molar-refractivity contribution >= 4 is 21.9 Å². The molecule has 0 aliphatic carbocycles. The maximum atomic E-state index is 12.0. The van der Waals surface area contributed by atoms with Crippen molar-refractivity contribution in [3.05, 3.63) is 47.7 Å². The van der Waals surface area contributed by atoms with Crippen LogP contribution in [-0.2, 0) is 26.2 Å². The summed E-state index contributed by atoms with van der Waals surface area (Å²) < 4.78 is 32.6. The number of nitrogens with zero attached hydrogens (tertiary/aromatic N) is 2. The van der Waals surface area contributed by atoms with Crippen molar-refractivity contribution in [2.75, 3.05) is 13.7 Å². The Morgan fingerprint density at radius 1 is 1.29 bits per heavy atom. The van der Waals surface area contributed by atoms with Crippen LogP contribution in [0.2, 0.25) is 0 Å². The predicted octanol–water partition coefficient (Wildman–Crippen LogP) is 1.31. The minimum atomic E-state index is -3.70. The molecule has 0 amide bonds. The molecular formula is C14H16N2O4S. The van der Waals surface area contributed by atoms with Crippen LogP contribution in [0.5, 0.6) is 0 Å². The molecule has 0 saturated carbocycles. The molecule has 0 radical (unpaired) electrons. The van der Waals surface area contributed by atoms with Crippen molar-refractivity contribution in [3.8, 4) is 0 Å². The van der Waals surface area contributed by atoms with E-state index in [2.05, 4.69) is 4.40 Å². The molecule has 0 spiro atoms. The van der Waals surface area contributed by atoms with Crippen LogP contribution >= 0.6 is 0 Å². The first-order valence-electron chi connectivity index (χ1n) is 6.38. The van der Waals surface area contributed by atoms with Crippen molar-refractivity contribution < 1.29 is 17.9 Å². The van der Waals surface area contributed by atoms with Gasteiger partial charge in [-0.3, -0.25) is 4.31 Å². The Morgan fingerprint density at radius 3 is 2.62 bits per heavy atom. The first-order chi connectivity index (χ1) is 9.90. The Hall–Kier alpha value is -2.15. The van der Waals surface area contributed by atoms with Crippen molar-refractivity contribution in [1.82, 2.24) is 4.31 Å². The fraction of sp³-hybridized carbons (Fsp3) is 0.286. The highest BCUT2D eigenvalue weighted by Gasteiger charge is 2.26. The lowest BCUT2D eigenvalue weighted by atomic mass is 10.1. The molecule has 6 nitrogen and oxygen atoms in total. The third kappa shape index (κ3) is 3.69. The number of rotatable bonds is 4. The minimum absolute atomic E-state index is 0.137. The van der Waals surface area contributed by atoms with Crippen LogP contribution in [0.1, 0.15) is 12.5 Å². The number of ether oxygens (including phenoxy) is 1. The molecule has 0 N–H and O–H groups in total. The SMILES string of the molecule is CC1=NS(=O)(=O)N(C)C=C1C(=O)OCCc1ccccc1. The average Bonchev–Trinajstić information content (AvgIpc) is 2.43. The van der Waals surface area contributed by atoms with Crippen LogP contribution < -0.4 is 0 Å². The maximum Gasteiger partial charge on any atom is 0.344 e. The van der Waals surface area contributed by atoms with Gasteiger partial charge in [0.1, 0.15) is 0 Å². The van der Waals surface area contributed by atoms with Crippen molar-refractivity contribution in [2.45, 2.75) is 13.3 Å². The largest absolute Gasteiger partial charge is 0.462 e. The first-order valence-corrected chi connectivity index (χ1v) is 7.77. The lowest BCUT2D eigenvalue weighted by Crippen LogP contribution is -2.29. The Labute approximate surface area is 123 Å². The molecule has 1 aromatic rings. The van der Waals surface area contributed by atoms with Crippen LogP contribution in [0.3, 0.4) is 0 Å². The van der Waals surface area contributed by atoms with Crippen LogP contribution in [0.25, 0.3) is 0 Å². The van der Waals surface area contributed by atoms with Gasteiger partial charge in [-0.15, -0.1) is 4.40 Å². The van der Waals surface area contributed by atoms with Gasteiger partial charge in [-0.2, -0.15) is 8.42 Å². The molecule has 0 bridgehead atoms. The van der Waals surface area contributed by atoms with Gasteiger partial charge < -0.3 is 4.74 Å². The second kappa shape index (κ2) is 6.09. The molecule has 1 aliphatic heterocycles. The summed E-state index contributed by atoms with van der Waals surface area (Å²) in [5.41, 5.74) is 1.35. The highest BCUT2D eigenvalue weighted by atomic mass is 32.2. The van der Waals surface area contributed by atoms with E-state index in [4.69, 9.17) is 4.74 Å². The number of hydrogen-bond acceptors (Lipinski definition) is 4. The third-order valence-corrected chi connectivity index (χ3v) is 4.34. The Morgan fingerprint density at radius 2 is 1.95 bits per heavy atom. The van der Waals surface area contributed by atoms with Gasteiger partial charge in [-0.05, 0) is 12.5 Å². The fourth-order valence-electron chi connectivity index (χ4n) is 1.81. The minimum Gasteiger partial charge on any atom is -0.462 e. The molecular weight excluding hydrogens is 292 g/mol. The van der Waals surface area contributed by atoms with E-state index in [0.29, 0.717) is 6.42 Å². The van der Waals surface area contributed by atoms with Gasteiger partial charge in [0, 0.05) is 19.7 Å². The van der Waals surface area contributed by atoms with Crippen LogP contribution in [0.15, 0.2) is 46.5 Å². The maximum absolute atomic E-state index is 12.0. The highest BCUT2D eigenvalue weighted by molar-refractivity contribution is 7.88. The number of esters is 1. The Kier molecular flexibility index (Phi) is 4.42. The number of benzene rings is 1.